The third-order valence-electron chi connectivity index (χ3n) is 6.09. The van der Waals surface area contributed by atoms with Crippen molar-refractivity contribution in [3.05, 3.63) is 89.4 Å². The average Bonchev–Trinajstić information content (AvgIpc) is 3.60. The molecule has 1 heterocycles. The van der Waals surface area contributed by atoms with Crippen molar-refractivity contribution < 1.29 is 9.59 Å². The molecule has 5 nitrogen and oxygen atoms in total. The number of benzene rings is 3. The molecule has 0 radical (unpaired) electrons. The molecule has 0 saturated heterocycles. The summed E-state index contributed by atoms with van der Waals surface area (Å²) in [6.07, 6.45) is 2.38. The van der Waals surface area contributed by atoms with Gasteiger partial charge in [-0.05, 0) is 55.7 Å². The van der Waals surface area contributed by atoms with E-state index >= 15 is 0 Å². The number of carbonyl (C=O) groups is 2. The highest BCUT2D eigenvalue weighted by atomic mass is 32.1. The molecule has 1 aliphatic rings. The van der Waals surface area contributed by atoms with E-state index in [4.69, 9.17) is 4.98 Å². The number of rotatable bonds is 7. The Labute approximate surface area is 196 Å². The summed E-state index contributed by atoms with van der Waals surface area (Å²) in [6, 6.07) is 25.2. The lowest BCUT2D eigenvalue weighted by Crippen LogP contribution is -2.39. The van der Waals surface area contributed by atoms with Crippen molar-refractivity contribution in [3.63, 3.8) is 0 Å². The van der Waals surface area contributed by atoms with Crippen LogP contribution in [0.3, 0.4) is 0 Å². The average molecular weight is 456 g/mol. The molecule has 33 heavy (non-hydrogen) atoms. The SMILES string of the molecule is CC(Cc1nc2ccccc2s1)(C(=O)Nc1cccc(NC(=O)C2CC2)c1)c1ccccc1. The smallest absolute Gasteiger partial charge is 0.235 e. The lowest BCUT2D eigenvalue weighted by Gasteiger charge is -2.28. The first kappa shape index (κ1) is 21.3. The quantitative estimate of drug-likeness (QED) is 0.371. The molecule has 3 aromatic carbocycles. The lowest BCUT2D eigenvalue weighted by molar-refractivity contribution is -0.121. The summed E-state index contributed by atoms with van der Waals surface area (Å²) < 4.78 is 1.11. The van der Waals surface area contributed by atoms with Gasteiger partial charge in [0.25, 0.3) is 0 Å². The van der Waals surface area contributed by atoms with Crippen LogP contribution in [-0.2, 0) is 21.4 Å². The topological polar surface area (TPSA) is 71.1 Å². The fourth-order valence-electron chi connectivity index (χ4n) is 3.95. The Kier molecular flexibility index (Phi) is 5.68. The van der Waals surface area contributed by atoms with E-state index in [-0.39, 0.29) is 17.7 Å². The van der Waals surface area contributed by atoms with E-state index in [9.17, 15) is 9.59 Å². The fraction of sp³-hybridized carbons (Fsp3) is 0.222. The van der Waals surface area contributed by atoms with Crippen LogP contribution in [0.15, 0.2) is 78.9 Å². The predicted octanol–water partition coefficient (Wildman–Crippen LogP) is 5.78. The number of fused-ring (bicyclic) bond motifs is 1. The number of anilines is 2. The maximum atomic E-state index is 13.7. The number of thiazole rings is 1. The Bertz CT molecular complexity index is 1280. The minimum atomic E-state index is -0.817. The van der Waals surface area contributed by atoms with Gasteiger partial charge in [-0.1, -0.05) is 48.5 Å². The molecule has 0 bridgehead atoms. The Balaban J connectivity index is 1.41. The highest BCUT2D eigenvalue weighted by Gasteiger charge is 2.36. The zero-order valence-electron chi connectivity index (χ0n) is 18.4. The van der Waals surface area contributed by atoms with Crippen LogP contribution in [0.25, 0.3) is 10.2 Å². The van der Waals surface area contributed by atoms with Gasteiger partial charge in [0.1, 0.15) is 0 Å². The number of hydrogen-bond donors (Lipinski definition) is 2. The third kappa shape index (κ3) is 4.66. The highest BCUT2D eigenvalue weighted by molar-refractivity contribution is 7.18. The normalized spacial score (nSPS) is 15.1. The third-order valence-corrected chi connectivity index (χ3v) is 7.13. The molecule has 1 fully saturated rings. The number of nitrogens with zero attached hydrogens (tertiary/aromatic N) is 1. The van der Waals surface area contributed by atoms with Crippen LogP contribution >= 0.6 is 11.3 Å². The minimum Gasteiger partial charge on any atom is -0.326 e. The molecule has 1 atom stereocenters. The van der Waals surface area contributed by atoms with Gasteiger partial charge in [0.05, 0.1) is 20.6 Å². The van der Waals surface area contributed by atoms with E-state index in [0.717, 1.165) is 33.6 Å². The highest BCUT2D eigenvalue weighted by Crippen LogP contribution is 2.34. The van der Waals surface area contributed by atoms with Crippen LogP contribution in [0.1, 0.15) is 30.3 Å². The minimum absolute atomic E-state index is 0.0448. The number of aromatic nitrogens is 1. The van der Waals surface area contributed by atoms with Gasteiger partial charge in [0.15, 0.2) is 0 Å². The number of para-hydroxylation sites is 1. The van der Waals surface area contributed by atoms with Crippen molar-refractivity contribution >= 4 is 44.7 Å². The predicted molar refractivity (Wildman–Crippen MR) is 134 cm³/mol. The van der Waals surface area contributed by atoms with Crippen molar-refractivity contribution in [1.29, 1.82) is 0 Å². The first-order valence-corrected chi connectivity index (χ1v) is 12.0. The van der Waals surface area contributed by atoms with E-state index < -0.39 is 5.41 Å². The molecule has 0 aliphatic heterocycles. The zero-order valence-corrected chi connectivity index (χ0v) is 19.2. The largest absolute Gasteiger partial charge is 0.326 e. The Morgan fingerprint density at radius 2 is 1.64 bits per heavy atom. The summed E-state index contributed by atoms with van der Waals surface area (Å²) in [7, 11) is 0. The molecular formula is C27H25N3O2S. The van der Waals surface area contributed by atoms with Gasteiger partial charge < -0.3 is 10.6 Å². The van der Waals surface area contributed by atoms with Crippen molar-refractivity contribution in [1.82, 2.24) is 4.98 Å². The number of nitrogens with one attached hydrogen (secondary N) is 2. The van der Waals surface area contributed by atoms with Crippen molar-refractivity contribution in [2.45, 2.75) is 31.6 Å². The number of carbonyl (C=O) groups excluding carboxylic acids is 2. The van der Waals surface area contributed by atoms with E-state index in [0.29, 0.717) is 17.8 Å². The van der Waals surface area contributed by atoms with E-state index in [1.807, 2.05) is 73.7 Å². The molecule has 5 rings (SSSR count). The Morgan fingerprint density at radius 1 is 0.939 bits per heavy atom. The lowest BCUT2D eigenvalue weighted by atomic mass is 9.78. The number of hydrogen-bond acceptors (Lipinski definition) is 4. The zero-order chi connectivity index (χ0) is 22.8. The molecule has 1 unspecified atom stereocenters. The van der Waals surface area contributed by atoms with E-state index in [2.05, 4.69) is 16.7 Å². The summed E-state index contributed by atoms with van der Waals surface area (Å²) in [5, 5.41) is 6.94. The second kappa shape index (κ2) is 8.79. The van der Waals surface area contributed by atoms with Gasteiger partial charge >= 0.3 is 0 Å². The first-order valence-electron chi connectivity index (χ1n) is 11.1. The van der Waals surface area contributed by atoms with Crippen LogP contribution in [0.2, 0.25) is 0 Å². The van der Waals surface area contributed by atoms with Crippen molar-refractivity contribution in [2.75, 3.05) is 10.6 Å². The summed E-state index contributed by atoms with van der Waals surface area (Å²) in [6.45, 7) is 1.96. The van der Waals surface area contributed by atoms with Gasteiger partial charge in [-0.3, -0.25) is 9.59 Å². The molecule has 4 aromatic rings. The molecular weight excluding hydrogens is 430 g/mol. The fourth-order valence-corrected chi connectivity index (χ4v) is 5.07. The van der Waals surface area contributed by atoms with Gasteiger partial charge in [-0.25, -0.2) is 4.98 Å². The van der Waals surface area contributed by atoms with Crippen LogP contribution in [0.5, 0.6) is 0 Å². The summed E-state index contributed by atoms with van der Waals surface area (Å²) in [4.78, 5) is 30.6. The number of amides is 2. The maximum absolute atomic E-state index is 13.7. The standard InChI is InChI=1S/C27H25N3O2S/c1-27(19-8-3-2-4-9-19,17-24-30-22-12-5-6-13-23(22)33-24)26(32)29-21-11-7-10-20(16-21)28-25(31)18-14-15-18/h2-13,16,18H,14-15,17H2,1H3,(H,28,31)(H,29,32). The van der Waals surface area contributed by atoms with E-state index in [1.165, 1.54) is 0 Å². The molecule has 1 aromatic heterocycles. The van der Waals surface area contributed by atoms with E-state index in [1.54, 1.807) is 17.4 Å². The molecule has 0 spiro atoms. The molecule has 1 aliphatic carbocycles. The van der Waals surface area contributed by atoms with Gasteiger partial charge in [0.2, 0.25) is 11.8 Å². The summed E-state index contributed by atoms with van der Waals surface area (Å²) in [5.41, 5.74) is 2.41. The van der Waals surface area contributed by atoms with Gasteiger partial charge in [-0.15, -0.1) is 11.3 Å². The van der Waals surface area contributed by atoms with Crippen molar-refractivity contribution in [3.8, 4) is 0 Å². The van der Waals surface area contributed by atoms with Crippen LogP contribution in [0, 0.1) is 5.92 Å². The molecule has 6 heteroatoms. The summed E-state index contributed by atoms with van der Waals surface area (Å²) in [5.74, 6) is 0.0560. The molecule has 2 amide bonds. The van der Waals surface area contributed by atoms with Crippen LogP contribution in [-0.4, -0.2) is 16.8 Å². The van der Waals surface area contributed by atoms with Gasteiger partial charge in [-0.2, -0.15) is 0 Å². The van der Waals surface area contributed by atoms with Crippen LogP contribution < -0.4 is 10.6 Å². The maximum Gasteiger partial charge on any atom is 0.235 e. The second-order valence-corrected chi connectivity index (χ2v) is 9.86. The molecule has 1 saturated carbocycles. The Hall–Kier alpha value is -3.51. The Morgan fingerprint density at radius 3 is 2.36 bits per heavy atom. The van der Waals surface area contributed by atoms with Crippen LogP contribution in [0.4, 0.5) is 11.4 Å². The van der Waals surface area contributed by atoms with Crippen molar-refractivity contribution in [2.24, 2.45) is 5.92 Å². The first-order chi connectivity index (χ1) is 16.0. The summed E-state index contributed by atoms with van der Waals surface area (Å²) >= 11 is 1.62. The second-order valence-electron chi connectivity index (χ2n) is 8.75. The molecule has 2 N–H and O–H groups in total. The monoisotopic (exact) mass is 455 g/mol. The molecule has 166 valence electrons. The van der Waals surface area contributed by atoms with Gasteiger partial charge in [0, 0.05) is 23.7 Å².